The SMILES string of the molecule is Cc1cccc(S(=O)(=O)NC(CCO)C(C)C)c1Cl. The number of sulfonamides is 1. The van der Waals surface area contributed by atoms with Gasteiger partial charge in [0.05, 0.1) is 5.02 Å². The van der Waals surface area contributed by atoms with Gasteiger partial charge in [0.25, 0.3) is 0 Å². The van der Waals surface area contributed by atoms with E-state index in [0.29, 0.717) is 12.0 Å². The fourth-order valence-corrected chi connectivity index (χ4v) is 3.76. The second kappa shape index (κ2) is 6.70. The lowest BCUT2D eigenvalue weighted by Crippen LogP contribution is -2.39. The van der Waals surface area contributed by atoms with E-state index in [0.717, 1.165) is 0 Å². The lowest BCUT2D eigenvalue weighted by atomic mass is 10.0. The maximum atomic E-state index is 12.3. The van der Waals surface area contributed by atoms with Crippen LogP contribution >= 0.6 is 11.6 Å². The number of halogens is 1. The quantitative estimate of drug-likeness (QED) is 0.847. The maximum absolute atomic E-state index is 12.3. The van der Waals surface area contributed by atoms with Crippen LogP contribution in [0.15, 0.2) is 23.1 Å². The number of aliphatic hydroxyl groups is 1. The van der Waals surface area contributed by atoms with Gasteiger partial charge < -0.3 is 5.11 Å². The summed E-state index contributed by atoms with van der Waals surface area (Å²) in [5.74, 6) is 0.0884. The molecule has 1 atom stereocenters. The molecule has 0 aromatic heterocycles. The molecule has 2 N–H and O–H groups in total. The minimum absolute atomic E-state index is 0.0626. The highest BCUT2D eigenvalue weighted by Gasteiger charge is 2.24. The molecule has 1 aromatic rings. The van der Waals surface area contributed by atoms with Crippen molar-refractivity contribution in [3.8, 4) is 0 Å². The van der Waals surface area contributed by atoms with Crippen LogP contribution in [0.4, 0.5) is 0 Å². The Bertz CT molecular complexity index is 529. The summed E-state index contributed by atoms with van der Waals surface area (Å²) in [5.41, 5.74) is 0.716. The second-order valence-electron chi connectivity index (χ2n) is 4.87. The molecule has 0 heterocycles. The summed E-state index contributed by atoms with van der Waals surface area (Å²) in [5, 5.41) is 9.23. The van der Waals surface area contributed by atoms with Gasteiger partial charge >= 0.3 is 0 Å². The largest absolute Gasteiger partial charge is 0.396 e. The van der Waals surface area contributed by atoms with E-state index in [-0.39, 0.29) is 28.5 Å². The molecule has 0 radical (unpaired) electrons. The summed E-state index contributed by atoms with van der Waals surface area (Å²) in [4.78, 5) is 0.0813. The topological polar surface area (TPSA) is 66.4 Å². The van der Waals surface area contributed by atoms with Gasteiger partial charge in [0.15, 0.2) is 0 Å². The van der Waals surface area contributed by atoms with Crippen LogP contribution in [0, 0.1) is 12.8 Å². The summed E-state index contributed by atoms with van der Waals surface area (Å²) in [7, 11) is -3.67. The highest BCUT2D eigenvalue weighted by Crippen LogP contribution is 2.25. The molecule has 1 rings (SSSR count). The van der Waals surface area contributed by atoms with Crippen LogP contribution < -0.4 is 4.72 Å². The zero-order valence-corrected chi connectivity index (χ0v) is 12.9. The normalized spacial score (nSPS) is 13.8. The number of hydrogen-bond acceptors (Lipinski definition) is 3. The Labute approximate surface area is 119 Å². The molecule has 1 aromatic carbocycles. The van der Waals surface area contributed by atoms with Gasteiger partial charge in [-0.25, -0.2) is 13.1 Å². The molecular weight excluding hydrogens is 286 g/mol. The Morgan fingerprint density at radius 1 is 1.37 bits per heavy atom. The average Bonchev–Trinajstić information content (AvgIpc) is 2.31. The molecule has 6 heteroatoms. The minimum atomic E-state index is -3.67. The van der Waals surface area contributed by atoms with E-state index >= 15 is 0 Å². The molecule has 108 valence electrons. The van der Waals surface area contributed by atoms with E-state index in [9.17, 15) is 8.42 Å². The Kier molecular flexibility index (Phi) is 5.80. The molecule has 0 fully saturated rings. The first-order valence-electron chi connectivity index (χ1n) is 6.18. The lowest BCUT2D eigenvalue weighted by molar-refractivity contribution is 0.256. The van der Waals surface area contributed by atoms with E-state index in [1.165, 1.54) is 6.07 Å². The van der Waals surface area contributed by atoms with Gasteiger partial charge in [-0.05, 0) is 30.9 Å². The maximum Gasteiger partial charge on any atom is 0.242 e. The predicted octanol–water partition coefficient (Wildman–Crippen LogP) is 2.33. The number of nitrogens with one attached hydrogen (secondary N) is 1. The first kappa shape index (κ1) is 16.4. The van der Waals surface area contributed by atoms with Crippen molar-refractivity contribution >= 4 is 21.6 Å². The monoisotopic (exact) mass is 305 g/mol. The Balaban J connectivity index is 3.07. The smallest absolute Gasteiger partial charge is 0.242 e. The van der Waals surface area contributed by atoms with E-state index in [2.05, 4.69) is 4.72 Å². The third kappa shape index (κ3) is 4.18. The number of hydrogen-bond donors (Lipinski definition) is 2. The molecule has 4 nitrogen and oxygen atoms in total. The first-order chi connectivity index (χ1) is 8.79. The number of rotatable bonds is 6. The van der Waals surface area contributed by atoms with Crippen LogP contribution in [0.2, 0.25) is 5.02 Å². The van der Waals surface area contributed by atoms with Crippen molar-refractivity contribution in [1.82, 2.24) is 4.72 Å². The molecule has 0 aliphatic carbocycles. The fraction of sp³-hybridized carbons (Fsp3) is 0.538. The van der Waals surface area contributed by atoms with Crippen molar-refractivity contribution in [3.63, 3.8) is 0 Å². The third-order valence-corrected chi connectivity index (χ3v) is 5.14. The molecule has 0 bridgehead atoms. The van der Waals surface area contributed by atoms with Gasteiger partial charge in [-0.2, -0.15) is 0 Å². The van der Waals surface area contributed by atoms with Crippen LogP contribution in [0.5, 0.6) is 0 Å². The fourth-order valence-electron chi connectivity index (χ4n) is 1.76. The molecule has 0 saturated carbocycles. The van der Waals surface area contributed by atoms with Crippen LogP contribution in [0.25, 0.3) is 0 Å². The first-order valence-corrected chi connectivity index (χ1v) is 8.04. The molecule has 19 heavy (non-hydrogen) atoms. The zero-order valence-electron chi connectivity index (χ0n) is 11.4. The van der Waals surface area contributed by atoms with E-state index in [1.54, 1.807) is 19.1 Å². The predicted molar refractivity (Wildman–Crippen MR) is 76.8 cm³/mol. The average molecular weight is 306 g/mol. The van der Waals surface area contributed by atoms with Crippen molar-refractivity contribution < 1.29 is 13.5 Å². The van der Waals surface area contributed by atoms with Crippen molar-refractivity contribution in [3.05, 3.63) is 28.8 Å². The zero-order chi connectivity index (χ0) is 14.6. The van der Waals surface area contributed by atoms with E-state index in [1.807, 2.05) is 13.8 Å². The van der Waals surface area contributed by atoms with Crippen molar-refractivity contribution in [2.75, 3.05) is 6.61 Å². The van der Waals surface area contributed by atoms with Gasteiger partial charge in [-0.1, -0.05) is 37.6 Å². The number of benzene rings is 1. The van der Waals surface area contributed by atoms with Crippen LogP contribution in [-0.4, -0.2) is 26.2 Å². The highest BCUT2D eigenvalue weighted by molar-refractivity contribution is 7.89. The number of aliphatic hydroxyl groups excluding tert-OH is 1. The molecule has 0 saturated heterocycles. The van der Waals surface area contributed by atoms with Crippen LogP contribution in [0.3, 0.4) is 0 Å². The second-order valence-corrected chi connectivity index (χ2v) is 6.93. The molecule has 0 amide bonds. The molecule has 1 unspecified atom stereocenters. The van der Waals surface area contributed by atoms with Gasteiger partial charge in [-0.15, -0.1) is 0 Å². The van der Waals surface area contributed by atoms with Crippen molar-refractivity contribution in [2.24, 2.45) is 5.92 Å². The van der Waals surface area contributed by atoms with Crippen LogP contribution in [-0.2, 0) is 10.0 Å². The standard InChI is InChI=1S/C13H20ClNO3S/c1-9(2)11(7-8-16)15-19(17,18)12-6-4-5-10(3)13(12)14/h4-6,9,11,15-16H,7-8H2,1-3H3. The Morgan fingerprint density at radius 2 is 2.00 bits per heavy atom. The molecule has 0 aliphatic heterocycles. The van der Waals surface area contributed by atoms with Gasteiger partial charge in [0.1, 0.15) is 4.90 Å². The molecule has 0 aliphatic rings. The minimum Gasteiger partial charge on any atom is -0.396 e. The Hall–Kier alpha value is -0.620. The number of aryl methyl sites for hydroxylation is 1. The molecular formula is C13H20ClNO3S. The van der Waals surface area contributed by atoms with Gasteiger partial charge in [0.2, 0.25) is 10.0 Å². The van der Waals surface area contributed by atoms with Gasteiger partial charge in [-0.3, -0.25) is 0 Å². The summed E-state index contributed by atoms with van der Waals surface area (Å²) in [6.07, 6.45) is 0.375. The lowest BCUT2D eigenvalue weighted by Gasteiger charge is -2.22. The van der Waals surface area contributed by atoms with E-state index in [4.69, 9.17) is 16.7 Å². The van der Waals surface area contributed by atoms with Crippen molar-refractivity contribution in [2.45, 2.75) is 38.1 Å². The summed E-state index contributed by atoms with van der Waals surface area (Å²) >= 11 is 6.05. The van der Waals surface area contributed by atoms with Crippen LogP contribution in [0.1, 0.15) is 25.8 Å². The summed E-state index contributed by atoms with van der Waals surface area (Å²) in [6, 6.07) is 4.58. The van der Waals surface area contributed by atoms with Gasteiger partial charge in [0, 0.05) is 12.6 Å². The molecule has 0 spiro atoms. The Morgan fingerprint density at radius 3 is 2.53 bits per heavy atom. The van der Waals surface area contributed by atoms with E-state index < -0.39 is 10.0 Å². The summed E-state index contributed by atoms with van der Waals surface area (Å²) in [6.45, 7) is 5.50. The van der Waals surface area contributed by atoms with Crippen molar-refractivity contribution in [1.29, 1.82) is 0 Å². The third-order valence-electron chi connectivity index (χ3n) is 3.00. The summed E-state index contributed by atoms with van der Waals surface area (Å²) < 4.78 is 27.2. The highest BCUT2D eigenvalue weighted by atomic mass is 35.5.